The second-order valence-electron chi connectivity index (χ2n) is 4.83. The normalized spacial score (nSPS) is 11.3. The third-order valence-electron chi connectivity index (χ3n) is 2.74. The van der Waals surface area contributed by atoms with Crippen molar-refractivity contribution in [2.45, 2.75) is 13.8 Å². The number of benzene rings is 1. The first-order valence-electron chi connectivity index (χ1n) is 5.78. The molecule has 0 aliphatic rings. The first-order chi connectivity index (χ1) is 9.03. The number of hydrogen-bond acceptors (Lipinski definition) is 4. The maximum absolute atomic E-state index is 12.0. The van der Waals surface area contributed by atoms with Crippen LogP contribution >= 0.6 is 23.1 Å². The molecule has 2 aromatic rings. The molecule has 6 heteroatoms. The number of nitrogens with one attached hydrogen (secondary N) is 1. The van der Waals surface area contributed by atoms with Crippen LogP contribution in [-0.4, -0.2) is 21.4 Å². The van der Waals surface area contributed by atoms with Crippen molar-refractivity contribution in [1.29, 1.82) is 0 Å². The predicted molar refractivity (Wildman–Crippen MR) is 78.5 cm³/mol. The fraction of sp³-hybridized carbons (Fsp3) is 0.308. The summed E-state index contributed by atoms with van der Waals surface area (Å²) in [7, 11) is 0. The van der Waals surface area contributed by atoms with Crippen LogP contribution in [0.3, 0.4) is 0 Å². The fourth-order valence-corrected chi connectivity index (χ4v) is 2.01. The first-order valence-corrected chi connectivity index (χ1v) is 7.09. The van der Waals surface area contributed by atoms with Crippen LogP contribution in [-0.2, 0) is 4.79 Å². The third kappa shape index (κ3) is 3.30. The highest BCUT2D eigenvalue weighted by molar-refractivity contribution is 7.09. The quantitative estimate of drug-likeness (QED) is 0.880. The van der Waals surface area contributed by atoms with Crippen LogP contribution in [0.1, 0.15) is 13.8 Å². The average Bonchev–Trinajstić information content (AvgIpc) is 2.93. The second kappa shape index (κ2) is 5.67. The minimum atomic E-state index is -0.582. The largest absolute Gasteiger partial charge is 0.326 e. The summed E-state index contributed by atoms with van der Waals surface area (Å²) in [5.41, 5.74) is 1.20. The lowest BCUT2D eigenvalue weighted by atomic mass is 9.95. The molecule has 0 atom stereocenters. The Bertz CT molecular complexity index is 552. The maximum atomic E-state index is 12.0. The lowest BCUT2D eigenvalue weighted by molar-refractivity contribution is -0.122. The molecule has 0 radical (unpaired) electrons. The minimum Gasteiger partial charge on any atom is -0.326 e. The van der Waals surface area contributed by atoms with Crippen LogP contribution in [0, 0.1) is 5.41 Å². The number of amides is 1. The molecular formula is C13H14ClN3OS. The van der Waals surface area contributed by atoms with Gasteiger partial charge in [-0.1, -0.05) is 16.6 Å². The summed E-state index contributed by atoms with van der Waals surface area (Å²) in [6, 6.07) is 7.57. The van der Waals surface area contributed by atoms with E-state index in [-0.39, 0.29) is 11.8 Å². The topological polar surface area (TPSA) is 54.9 Å². The van der Waals surface area contributed by atoms with E-state index in [1.807, 2.05) is 38.1 Å². The van der Waals surface area contributed by atoms with Crippen LogP contribution < -0.4 is 5.32 Å². The molecule has 0 spiro atoms. The standard InChI is InChI=1S/C13H14ClN3OS/c1-13(2,8-14)12(18)16-10-5-3-9(4-6-10)11-7-15-17-19-11/h3-7H,8H2,1-2H3,(H,16,18). The fourth-order valence-electron chi connectivity index (χ4n) is 1.37. The monoisotopic (exact) mass is 295 g/mol. The molecule has 1 aromatic heterocycles. The maximum Gasteiger partial charge on any atom is 0.231 e. The molecule has 1 aromatic carbocycles. The molecule has 4 nitrogen and oxygen atoms in total. The van der Waals surface area contributed by atoms with Gasteiger partial charge in [0.15, 0.2) is 0 Å². The van der Waals surface area contributed by atoms with Gasteiger partial charge in [0.25, 0.3) is 0 Å². The van der Waals surface area contributed by atoms with Gasteiger partial charge in [-0.25, -0.2) is 0 Å². The van der Waals surface area contributed by atoms with Gasteiger partial charge in [0.05, 0.1) is 16.5 Å². The molecule has 0 aliphatic carbocycles. The van der Waals surface area contributed by atoms with E-state index in [1.54, 1.807) is 6.20 Å². The van der Waals surface area contributed by atoms with Crippen LogP contribution in [0.2, 0.25) is 0 Å². The van der Waals surface area contributed by atoms with E-state index in [1.165, 1.54) is 11.5 Å². The predicted octanol–water partition coefficient (Wildman–Crippen LogP) is 3.41. The Kier molecular flexibility index (Phi) is 4.17. The molecule has 2 rings (SSSR count). The highest BCUT2D eigenvalue weighted by Crippen LogP contribution is 2.24. The molecule has 0 unspecified atom stereocenters. The average molecular weight is 296 g/mol. The number of rotatable bonds is 4. The molecule has 0 bridgehead atoms. The number of carbonyl (C=O) groups excluding carboxylic acids is 1. The SMILES string of the molecule is CC(C)(CCl)C(=O)Nc1ccc(-c2cnns2)cc1. The molecule has 1 amide bonds. The Labute approximate surface area is 121 Å². The Morgan fingerprint density at radius 2 is 2.05 bits per heavy atom. The number of anilines is 1. The molecular weight excluding hydrogens is 282 g/mol. The lowest BCUT2D eigenvalue weighted by Gasteiger charge is -2.20. The van der Waals surface area contributed by atoms with Crippen LogP contribution in [0.15, 0.2) is 30.5 Å². The van der Waals surface area contributed by atoms with E-state index in [2.05, 4.69) is 14.9 Å². The van der Waals surface area contributed by atoms with E-state index in [0.717, 1.165) is 16.1 Å². The molecule has 0 fully saturated rings. The van der Waals surface area contributed by atoms with Gasteiger partial charge in [0.2, 0.25) is 5.91 Å². The van der Waals surface area contributed by atoms with Crippen molar-refractivity contribution in [1.82, 2.24) is 9.59 Å². The number of alkyl halides is 1. The van der Waals surface area contributed by atoms with Crippen molar-refractivity contribution in [2.75, 3.05) is 11.2 Å². The molecule has 19 heavy (non-hydrogen) atoms. The van der Waals surface area contributed by atoms with Crippen molar-refractivity contribution >= 4 is 34.7 Å². The van der Waals surface area contributed by atoms with Crippen molar-refractivity contribution in [2.24, 2.45) is 5.41 Å². The van der Waals surface area contributed by atoms with Crippen LogP contribution in [0.4, 0.5) is 5.69 Å². The van der Waals surface area contributed by atoms with Gasteiger partial charge in [-0.15, -0.1) is 16.7 Å². The summed E-state index contributed by atoms with van der Waals surface area (Å²) in [5.74, 6) is 0.193. The van der Waals surface area contributed by atoms with Crippen LogP contribution in [0.5, 0.6) is 0 Å². The molecule has 0 saturated heterocycles. The highest BCUT2D eigenvalue weighted by atomic mass is 35.5. The first kappa shape index (κ1) is 14.0. The van der Waals surface area contributed by atoms with Gasteiger partial charge in [-0.2, -0.15) is 0 Å². The van der Waals surface area contributed by atoms with E-state index in [9.17, 15) is 4.79 Å². The number of aromatic nitrogens is 2. The molecule has 1 N–H and O–H groups in total. The Balaban J connectivity index is 2.10. The highest BCUT2D eigenvalue weighted by Gasteiger charge is 2.26. The van der Waals surface area contributed by atoms with Gasteiger partial charge < -0.3 is 5.32 Å². The van der Waals surface area contributed by atoms with Gasteiger partial charge in [0.1, 0.15) is 0 Å². The van der Waals surface area contributed by atoms with Gasteiger partial charge in [-0.05, 0) is 43.1 Å². The summed E-state index contributed by atoms with van der Waals surface area (Å²) in [4.78, 5) is 13.0. The summed E-state index contributed by atoms with van der Waals surface area (Å²) < 4.78 is 3.82. The Morgan fingerprint density at radius 1 is 1.37 bits per heavy atom. The zero-order chi connectivity index (χ0) is 13.9. The van der Waals surface area contributed by atoms with Gasteiger partial charge in [0, 0.05) is 11.6 Å². The molecule has 0 saturated carbocycles. The smallest absolute Gasteiger partial charge is 0.231 e. The lowest BCUT2D eigenvalue weighted by Crippen LogP contribution is -2.32. The van der Waals surface area contributed by atoms with Crippen molar-refractivity contribution in [3.63, 3.8) is 0 Å². The summed E-state index contributed by atoms with van der Waals surface area (Å²) in [5, 5.41) is 6.65. The van der Waals surface area contributed by atoms with Crippen molar-refractivity contribution in [3.05, 3.63) is 30.5 Å². The number of halogens is 1. The number of carbonyl (C=O) groups is 1. The van der Waals surface area contributed by atoms with Crippen LogP contribution in [0.25, 0.3) is 10.4 Å². The molecule has 1 heterocycles. The molecule has 100 valence electrons. The summed E-state index contributed by atoms with van der Waals surface area (Å²) in [6.07, 6.45) is 1.72. The van der Waals surface area contributed by atoms with Crippen molar-refractivity contribution < 1.29 is 4.79 Å². The number of hydrogen-bond donors (Lipinski definition) is 1. The Hall–Kier alpha value is -1.46. The summed E-state index contributed by atoms with van der Waals surface area (Å²) in [6.45, 7) is 3.62. The van der Waals surface area contributed by atoms with E-state index in [4.69, 9.17) is 11.6 Å². The van der Waals surface area contributed by atoms with Crippen molar-refractivity contribution in [3.8, 4) is 10.4 Å². The van der Waals surface area contributed by atoms with E-state index in [0.29, 0.717) is 0 Å². The van der Waals surface area contributed by atoms with E-state index < -0.39 is 5.41 Å². The molecule has 0 aliphatic heterocycles. The Morgan fingerprint density at radius 3 is 2.58 bits per heavy atom. The second-order valence-corrected chi connectivity index (χ2v) is 5.88. The van der Waals surface area contributed by atoms with E-state index >= 15 is 0 Å². The van der Waals surface area contributed by atoms with Gasteiger partial charge >= 0.3 is 0 Å². The minimum absolute atomic E-state index is 0.0882. The van der Waals surface area contributed by atoms with Gasteiger partial charge in [-0.3, -0.25) is 4.79 Å². The zero-order valence-electron chi connectivity index (χ0n) is 10.7. The third-order valence-corrected chi connectivity index (χ3v) is 4.12. The number of nitrogens with zero attached hydrogens (tertiary/aromatic N) is 2. The summed E-state index contributed by atoms with van der Waals surface area (Å²) >= 11 is 7.11. The zero-order valence-corrected chi connectivity index (χ0v) is 12.3.